The van der Waals surface area contributed by atoms with Crippen molar-refractivity contribution in [3.8, 4) is 11.8 Å². The number of nitrogens with one attached hydrogen (secondary N) is 2. The van der Waals surface area contributed by atoms with Crippen LogP contribution in [0.15, 0.2) is 72.0 Å². The molecule has 0 bridgehead atoms. The molecule has 0 spiro atoms. The molecule has 144 valence electrons. The van der Waals surface area contributed by atoms with E-state index in [1.54, 1.807) is 19.3 Å². The highest BCUT2D eigenvalue weighted by Gasteiger charge is 2.01. The van der Waals surface area contributed by atoms with Crippen LogP contribution in [-0.2, 0) is 13.0 Å². The molecule has 1 aromatic heterocycles. The van der Waals surface area contributed by atoms with E-state index < -0.39 is 0 Å². The maximum absolute atomic E-state index is 8.97. The van der Waals surface area contributed by atoms with Gasteiger partial charge in [-0.25, -0.2) is 4.68 Å². The van der Waals surface area contributed by atoms with Crippen LogP contribution in [0.2, 0.25) is 0 Å². The molecule has 0 aliphatic heterocycles. The van der Waals surface area contributed by atoms with Crippen molar-refractivity contribution >= 4 is 29.9 Å². The summed E-state index contributed by atoms with van der Waals surface area (Å²) in [6.07, 6.45) is 4.59. The molecule has 0 saturated carbocycles. The zero-order valence-electron chi connectivity index (χ0n) is 15.7. The highest BCUT2D eigenvalue weighted by Crippen LogP contribution is 2.09. The number of hydrogen-bond donors (Lipinski definition) is 2. The number of rotatable bonds is 6. The average Bonchev–Trinajstić information content (AvgIpc) is 3.26. The van der Waals surface area contributed by atoms with E-state index in [9.17, 15) is 0 Å². The molecule has 0 aliphatic rings. The largest absolute Gasteiger partial charge is 0.356 e. The second kappa shape index (κ2) is 11.1. The van der Waals surface area contributed by atoms with Gasteiger partial charge in [0, 0.05) is 32.5 Å². The number of aliphatic imine (C=N–C) groups is 1. The molecule has 6 nitrogen and oxygen atoms in total. The number of nitrogens with zero attached hydrogens (tertiary/aromatic N) is 4. The van der Waals surface area contributed by atoms with Gasteiger partial charge in [0.25, 0.3) is 0 Å². The van der Waals surface area contributed by atoms with Crippen LogP contribution in [0.5, 0.6) is 0 Å². The number of guanidine groups is 1. The standard InChI is InChI=1S/C21H22N6.HI/c1-23-21(25-16-19-5-2-4-18(14-19)15-22)24-12-10-17-6-8-20(9-7-17)27-13-3-11-26-27;/h2-9,11,13-14H,10,12,16H2,1H3,(H2,23,24,25);1H. The lowest BCUT2D eigenvalue weighted by atomic mass is 10.1. The summed E-state index contributed by atoms with van der Waals surface area (Å²) in [5.74, 6) is 0.741. The quantitative estimate of drug-likeness (QED) is 0.319. The normalized spacial score (nSPS) is 10.6. The summed E-state index contributed by atoms with van der Waals surface area (Å²) in [6, 6.07) is 20.0. The lowest BCUT2D eigenvalue weighted by molar-refractivity contribution is 0.794. The van der Waals surface area contributed by atoms with Crippen LogP contribution in [0.4, 0.5) is 0 Å². The fourth-order valence-electron chi connectivity index (χ4n) is 2.72. The first-order valence-electron chi connectivity index (χ1n) is 8.81. The first-order chi connectivity index (χ1) is 13.3. The van der Waals surface area contributed by atoms with Crippen LogP contribution >= 0.6 is 24.0 Å². The van der Waals surface area contributed by atoms with Gasteiger partial charge in [-0.3, -0.25) is 4.99 Å². The van der Waals surface area contributed by atoms with Crippen molar-refractivity contribution < 1.29 is 0 Å². The number of halogens is 1. The number of hydrogen-bond acceptors (Lipinski definition) is 3. The van der Waals surface area contributed by atoms with E-state index >= 15 is 0 Å². The predicted octanol–water partition coefficient (Wildman–Crippen LogP) is 3.27. The van der Waals surface area contributed by atoms with Gasteiger partial charge in [-0.2, -0.15) is 10.4 Å². The van der Waals surface area contributed by atoms with Gasteiger partial charge in [0.1, 0.15) is 0 Å². The molecule has 0 unspecified atom stereocenters. The first-order valence-corrected chi connectivity index (χ1v) is 8.81. The van der Waals surface area contributed by atoms with Crippen molar-refractivity contribution in [1.82, 2.24) is 20.4 Å². The van der Waals surface area contributed by atoms with Gasteiger partial charge in [-0.05, 0) is 47.9 Å². The fraction of sp³-hybridized carbons (Fsp3) is 0.190. The summed E-state index contributed by atoms with van der Waals surface area (Å²) in [5.41, 5.74) is 4.01. The zero-order valence-corrected chi connectivity index (χ0v) is 18.0. The minimum atomic E-state index is 0. The van der Waals surface area contributed by atoms with Crippen molar-refractivity contribution in [2.24, 2.45) is 4.99 Å². The van der Waals surface area contributed by atoms with E-state index in [0.29, 0.717) is 12.1 Å². The monoisotopic (exact) mass is 486 g/mol. The molecule has 3 aromatic rings. The Morgan fingerprint density at radius 2 is 1.93 bits per heavy atom. The SMILES string of the molecule is CN=C(NCCc1ccc(-n2cccn2)cc1)NCc1cccc(C#N)c1.I. The molecule has 0 aliphatic carbocycles. The van der Waals surface area contributed by atoms with Crippen LogP contribution in [-0.4, -0.2) is 29.3 Å². The van der Waals surface area contributed by atoms with E-state index in [1.807, 2.05) is 35.1 Å². The Morgan fingerprint density at radius 1 is 1.11 bits per heavy atom. The van der Waals surface area contributed by atoms with Gasteiger partial charge >= 0.3 is 0 Å². The first kappa shape index (κ1) is 21.4. The third kappa shape index (κ3) is 6.09. The van der Waals surface area contributed by atoms with Gasteiger partial charge in [0.2, 0.25) is 0 Å². The summed E-state index contributed by atoms with van der Waals surface area (Å²) < 4.78 is 1.84. The summed E-state index contributed by atoms with van der Waals surface area (Å²) in [6.45, 7) is 1.40. The maximum atomic E-state index is 8.97. The third-order valence-electron chi connectivity index (χ3n) is 4.15. The number of nitriles is 1. The van der Waals surface area contributed by atoms with E-state index in [0.717, 1.165) is 30.2 Å². The molecule has 0 fully saturated rings. The van der Waals surface area contributed by atoms with E-state index in [2.05, 4.69) is 51.1 Å². The van der Waals surface area contributed by atoms with Gasteiger partial charge in [-0.1, -0.05) is 24.3 Å². The smallest absolute Gasteiger partial charge is 0.191 e. The van der Waals surface area contributed by atoms with Gasteiger partial charge in [0.15, 0.2) is 5.96 Å². The van der Waals surface area contributed by atoms with Crippen molar-refractivity contribution in [2.45, 2.75) is 13.0 Å². The highest BCUT2D eigenvalue weighted by molar-refractivity contribution is 14.0. The molecule has 2 aromatic carbocycles. The summed E-state index contributed by atoms with van der Waals surface area (Å²) in [7, 11) is 1.75. The van der Waals surface area contributed by atoms with E-state index in [-0.39, 0.29) is 24.0 Å². The van der Waals surface area contributed by atoms with Crippen molar-refractivity contribution in [3.63, 3.8) is 0 Å². The Morgan fingerprint density at radius 3 is 2.61 bits per heavy atom. The molecule has 7 heteroatoms. The molecule has 0 atom stereocenters. The van der Waals surface area contributed by atoms with E-state index in [1.165, 1.54) is 5.56 Å². The number of aromatic nitrogens is 2. The molecule has 28 heavy (non-hydrogen) atoms. The molecule has 3 rings (SSSR count). The van der Waals surface area contributed by atoms with Crippen LogP contribution in [0.3, 0.4) is 0 Å². The van der Waals surface area contributed by atoms with Crippen molar-refractivity contribution in [2.75, 3.05) is 13.6 Å². The Balaban J connectivity index is 0.00000280. The topological polar surface area (TPSA) is 78.0 Å². The summed E-state index contributed by atoms with van der Waals surface area (Å²) >= 11 is 0. The highest BCUT2D eigenvalue weighted by atomic mass is 127. The second-order valence-electron chi connectivity index (χ2n) is 6.03. The van der Waals surface area contributed by atoms with Crippen LogP contribution in [0.1, 0.15) is 16.7 Å². The second-order valence-corrected chi connectivity index (χ2v) is 6.03. The Labute approximate surface area is 182 Å². The maximum Gasteiger partial charge on any atom is 0.191 e. The fourth-order valence-corrected chi connectivity index (χ4v) is 2.72. The van der Waals surface area contributed by atoms with Crippen molar-refractivity contribution in [3.05, 3.63) is 83.7 Å². The van der Waals surface area contributed by atoms with Crippen LogP contribution in [0, 0.1) is 11.3 Å². The summed E-state index contributed by atoms with van der Waals surface area (Å²) in [5, 5.41) is 19.8. The van der Waals surface area contributed by atoms with Crippen LogP contribution in [0.25, 0.3) is 5.69 Å². The lowest BCUT2D eigenvalue weighted by Gasteiger charge is -2.12. The van der Waals surface area contributed by atoms with Gasteiger partial charge in [0.05, 0.1) is 17.3 Å². The Hall–Kier alpha value is -2.86. The van der Waals surface area contributed by atoms with Crippen molar-refractivity contribution in [1.29, 1.82) is 5.26 Å². The minimum Gasteiger partial charge on any atom is -0.356 e. The molecular formula is C21H23IN6. The molecule has 0 amide bonds. The Kier molecular flexibility index (Phi) is 8.49. The van der Waals surface area contributed by atoms with Gasteiger partial charge < -0.3 is 10.6 Å². The van der Waals surface area contributed by atoms with Crippen LogP contribution < -0.4 is 10.6 Å². The third-order valence-corrected chi connectivity index (χ3v) is 4.15. The number of benzene rings is 2. The minimum absolute atomic E-state index is 0. The predicted molar refractivity (Wildman–Crippen MR) is 122 cm³/mol. The van der Waals surface area contributed by atoms with E-state index in [4.69, 9.17) is 5.26 Å². The van der Waals surface area contributed by atoms with Gasteiger partial charge in [-0.15, -0.1) is 24.0 Å². The lowest BCUT2D eigenvalue weighted by Crippen LogP contribution is -2.37. The zero-order chi connectivity index (χ0) is 18.9. The molecular weight excluding hydrogens is 463 g/mol. The molecule has 0 saturated heterocycles. The summed E-state index contributed by atoms with van der Waals surface area (Å²) in [4.78, 5) is 4.24. The molecule has 1 heterocycles. The molecule has 0 radical (unpaired) electrons. The average molecular weight is 486 g/mol. The molecule has 2 N–H and O–H groups in total. The Bertz CT molecular complexity index is 926.